The average molecular weight is 330 g/mol. The second kappa shape index (κ2) is 7.90. The SMILES string of the molecule is CC(O)(CNCc1cn[nH]c1-c1ccccc1)CN1CCOCC1. The summed E-state index contributed by atoms with van der Waals surface area (Å²) in [5.41, 5.74) is 2.47. The van der Waals surface area contributed by atoms with Crippen LogP contribution in [-0.4, -0.2) is 65.2 Å². The zero-order chi connectivity index (χ0) is 16.8. The molecule has 1 aromatic heterocycles. The van der Waals surface area contributed by atoms with E-state index in [9.17, 15) is 5.11 Å². The lowest BCUT2D eigenvalue weighted by Gasteiger charge is -2.34. The van der Waals surface area contributed by atoms with Crippen molar-refractivity contribution in [2.24, 2.45) is 0 Å². The highest BCUT2D eigenvalue weighted by Crippen LogP contribution is 2.20. The molecule has 0 bridgehead atoms. The molecule has 1 saturated heterocycles. The highest BCUT2D eigenvalue weighted by molar-refractivity contribution is 5.62. The number of H-pyrrole nitrogens is 1. The van der Waals surface area contributed by atoms with Crippen molar-refractivity contribution in [1.29, 1.82) is 0 Å². The fourth-order valence-electron chi connectivity index (χ4n) is 3.06. The van der Waals surface area contributed by atoms with Crippen molar-refractivity contribution >= 4 is 0 Å². The molecule has 0 saturated carbocycles. The summed E-state index contributed by atoms with van der Waals surface area (Å²) in [7, 11) is 0. The first-order chi connectivity index (χ1) is 11.6. The van der Waals surface area contributed by atoms with E-state index in [1.807, 2.05) is 31.3 Å². The smallest absolute Gasteiger partial charge is 0.0869 e. The van der Waals surface area contributed by atoms with Crippen LogP contribution < -0.4 is 5.32 Å². The van der Waals surface area contributed by atoms with E-state index in [0.29, 0.717) is 19.6 Å². The van der Waals surface area contributed by atoms with E-state index in [2.05, 4.69) is 32.5 Å². The largest absolute Gasteiger partial charge is 0.388 e. The van der Waals surface area contributed by atoms with Crippen LogP contribution in [0.15, 0.2) is 36.5 Å². The normalized spacial score (nSPS) is 18.4. The standard InChI is InChI=1S/C18H26N4O2/c1-18(23,14-22-7-9-24-10-8-22)13-19-11-16-12-20-21-17(16)15-5-3-2-4-6-15/h2-6,12,19,23H,7-11,13-14H2,1H3,(H,20,21). The van der Waals surface area contributed by atoms with Crippen LogP contribution in [0, 0.1) is 0 Å². The van der Waals surface area contributed by atoms with E-state index in [1.54, 1.807) is 0 Å². The maximum atomic E-state index is 10.6. The number of hydrogen-bond donors (Lipinski definition) is 3. The van der Waals surface area contributed by atoms with Gasteiger partial charge in [0.2, 0.25) is 0 Å². The van der Waals surface area contributed by atoms with Gasteiger partial charge in [0.25, 0.3) is 0 Å². The first-order valence-corrected chi connectivity index (χ1v) is 8.45. The number of hydrogen-bond acceptors (Lipinski definition) is 5. The van der Waals surface area contributed by atoms with Crippen molar-refractivity contribution in [2.75, 3.05) is 39.4 Å². The Hall–Kier alpha value is -1.73. The number of nitrogens with zero attached hydrogens (tertiary/aromatic N) is 2. The number of rotatable bonds is 7. The summed E-state index contributed by atoms with van der Waals surface area (Å²) in [6.07, 6.45) is 1.84. The maximum absolute atomic E-state index is 10.6. The van der Waals surface area contributed by atoms with Gasteiger partial charge in [-0.3, -0.25) is 10.00 Å². The van der Waals surface area contributed by atoms with Gasteiger partial charge in [-0.15, -0.1) is 0 Å². The molecule has 1 unspecified atom stereocenters. The fourth-order valence-corrected chi connectivity index (χ4v) is 3.06. The number of benzene rings is 1. The lowest BCUT2D eigenvalue weighted by Crippen LogP contribution is -2.50. The van der Waals surface area contributed by atoms with Gasteiger partial charge in [-0.2, -0.15) is 5.10 Å². The predicted octanol–water partition coefficient (Wildman–Crippen LogP) is 1.25. The summed E-state index contributed by atoms with van der Waals surface area (Å²) >= 11 is 0. The van der Waals surface area contributed by atoms with Gasteiger partial charge in [0.05, 0.1) is 30.7 Å². The molecule has 0 spiro atoms. The van der Waals surface area contributed by atoms with Crippen molar-refractivity contribution in [3.8, 4) is 11.3 Å². The van der Waals surface area contributed by atoms with Gasteiger partial charge in [0.15, 0.2) is 0 Å². The van der Waals surface area contributed by atoms with Crippen LogP contribution >= 0.6 is 0 Å². The van der Waals surface area contributed by atoms with Crippen LogP contribution in [0.25, 0.3) is 11.3 Å². The zero-order valence-electron chi connectivity index (χ0n) is 14.2. The molecule has 1 atom stereocenters. The maximum Gasteiger partial charge on any atom is 0.0869 e. The summed E-state index contributed by atoms with van der Waals surface area (Å²) < 4.78 is 5.35. The van der Waals surface area contributed by atoms with Crippen molar-refractivity contribution in [1.82, 2.24) is 20.4 Å². The van der Waals surface area contributed by atoms with Crippen LogP contribution in [0.3, 0.4) is 0 Å². The molecular formula is C18H26N4O2. The number of aliphatic hydroxyl groups is 1. The lowest BCUT2D eigenvalue weighted by atomic mass is 10.1. The quantitative estimate of drug-likeness (QED) is 0.712. The third-order valence-corrected chi connectivity index (χ3v) is 4.27. The molecule has 1 fully saturated rings. The van der Waals surface area contributed by atoms with Gasteiger partial charge in [-0.25, -0.2) is 0 Å². The van der Waals surface area contributed by atoms with E-state index in [4.69, 9.17) is 4.74 Å². The number of aromatic amines is 1. The molecule has 3 rings (SSSR count). The topological polar surface area (TPSA) is 73.4 Å². The van der Waals surface area contributed by atoms with Gasteiger partial charge in [0.1, 0.15) is 0 Å². The Morgan fingerprint density at radius 2 is 2.04 bits per heavy atom. The molecular weight excluding hydrogens is 304 g/mol. The number of nitrogens with one attached hydrogen (secondary N) is 2. The van der Waals surface area contributed by atoms with Gasteiger partial charge in [0, 0.05) is 38.3 Å². The molecule has 1 aliphatic heterocycles. The first-order valence-electron chi connectivity index (χ1n) is 8.45. The minimum atomic E-state index is -0.770. The number of aromatic nitrogens is 2. The molecule has 0 aliphatic carbocycles. The summed E-state index contributed by atoms with van der Waals surface area (Å²) in [4.78, 5) is 2.25. The van der Waals surface area contributed by atoms with Gasteiger partial charge < -0.3 is 15.2 Å². The van der Waals surface area contributed by atoms with E-state index in [-0.39, 0.29) is 0 Å². The number of morpholine rings is 1. The summed E-state index contributed by atoms with van der Waals surface area (Å²) in [6, 6.07) is 10.2. The van der Waals surface area contributed by atoms with Gasteiger partial charge in [-0.1, -0.05) is 30.3 Å². The third kappa shape index (κ3) is 4.64. The minimum absolute atomic E-state index is 0.532. The summed E-state index contributed by atoms with van der Waals surface area (Å²) in [5, 5.41) is 21.2. The zero-order valence-corrected chi connectivity index (χ0v) is 14.2. The highest BCUT2D eigenvalue weighted by atomic mass is 16.5. The van der Waals surface area contributed by atoms with Crippen LogP contribution in [0.2, 0.25) is 0 Å². The molecule has 0 amide bonds. The first kappa shape index (κ1) is 17.1. The molecule has 2 heterocycles. The molecule has 6 nitrogen and oxygen atoms in total. The third-order valence-electron chi connectivity index (χ3n) is 4.27. The Bertz CT molecular complexity index is 621. The summed E-state index contributed by atoms with van der Waals surface area (Å²) in [5.74, 6) is 0. The van der Waals surface area contributed by atoms with E-state index in [0.717, 1.165) is 43.1 Å². The minimum Gasteiger partial charge on any atom is -0.388 e. The Morgan fingerprint density at radius 1 is 1.29 bits per heavy atom. The Morgan fingerprint density at radius 3 is 2.79 bits per heavy atom. The van der Waals surface area contributed by atoms with Crippen molar-refractivity contribution in [3.63, 3.8) is 0 Å². The van der Waals surface area contributed by atoms with Gasteiger partial charge >= 0.3 is 0 Å². The molecule has 1 aromatic carbocycles. The Labute approximate surface area is 142 Å². The molecule has 3 N–H and O–H groups in total. The van der Waals surface area contributed by atoms with E-state index >= 15 is 0 Å². The number of ether oxygens (including phenoxy) is 1. The van der Waals surface area contributed by atoms with Gasteiger partial charge in [-0.05, 0) is 12.5 Å². The molecule has 2 aromatic rings. The monoisotopic (exact) mass is 330 g/mol. The fraction of sp³-hybridized carbons (Fsp3) is 0.500. The van der Waals surface area contributed by atoms with Crippen molar-refractivity contribution in [3.05, 3.63) is 42.1 Å². The van der Waals surface area contributed by atoms with Crippen molar-refractivity contribution < 1.29 is 9.84 Å². The van der Waals surface area contributed by atoms with E-state index < -0.39 is 5.60 Å². The molecule has 130 valence electrons. The van der Waals surface area contributed by atoms with Crippen LogP contribution in [0.1, 0.15) is 12.5 Å². The predicted molar refractivity (Wildman–Crippen MR) is 93.6 cm³/mol. The Balaban J connectivity index is 1.52. The van der Waals surface area contributed by atoms with Crippen LogP contribution in [0.4, 0.5) is 0 Å². The van der Waals surface area contributed by atoms with E-state index in [1.165, 1.54) is 0 Å². The summed E-state index contributed by atoms with van der Waals surface area (Å²) in [6.45, 7) is 7.00. The number of β-amino-alcohol motifs (C(OH)–C–C–N with tert-alkyl or cyclic N) is 1. The molecule has 6 heteroatoms. The molecule has 0 radical (unpaired) electrons. The molecule has 1 aliphatic rings. The molecule has 24 heavy (non-hydrogen) atoms. The Kier molecular flexibility index (Phi) is 5.63. The highest BCUT2D eigenvalue weighted by Gasteiger charge is 2.25. The average Bonchev–Trinajstić information content (AvgIpc) is 3.04. The van der Waals surface area contributed by atoms with Crippen molar-refractivity contribution in [2.45, 2.75) is 19.1 Å². The van der Waals surface area contributed by atoms with Crippen LogP contribution in [-0.2, 0) is 11.3 Å². The van der Waals surface area contributed by atoms with Crippen LogP contribution in [0.5, 0.6) is 0 Å². The second-order valence-electron chi connectivity index (χ2n) is 6.63. The lowest BCUT2D eigenvalue weighted by molar-refractivity contribution is -0.0219. The second-order valence-corrected chi connectivity index (χ2v) is 6.63.